The molecule has 1 aliphatic rings. The molecule has 0 amide bonds. The summed E-state index contributed by atoms with van der Waals surface area (Å²) in [6, 6.07) is 4.99. The fourth-order valence-corrected chi connectivity index (χ4v) is 2.38. The Kier molecular flexibility index (Phi) is 3.64. The molecule has 0 unspecified atom stereocenters. The van der Waals surface area contributed by atoms with Crippen molar-refractivity contribution in [1.82, 2.24) is 20.5 Å². The second kappa shape index (κ2) is 5.58. The third kappa shape index (κ3) is 2.65. The van der Waals surface area contributed by atoms with Crippen molar-refractivity contribution in [3.63, 3.8) is 0 Å². The largest absolute Gasteiger partial charge is 0.338 e. The van der Waals surface area contributed by atoms with Gasteiger partial charge in [0, 0.05) is 19.6 Å². The molecular weight excluding hydrogens is 257 g/mol. The molecule has 0 saturated carbocycles. The predicted molar refractivity (Wildman–Crippen MR) is 76.2 cm³/mol. The first kappa shape index (κ1) is 13.1. The van der Waals surface area contributed by atoms with Gasteiger partial charge in [-0.15, -0.1) is 5.10 Å². The Morgan fingerprint density at radius 2 is 2.15 bits per heavy atom. The highest BCUT2D eigenvalue weighted by molar-refractivity contribution is 5.58. The number of nitrogens with one attached hydrogen (secondary N) is 2. The Hall–Kier alpha value is -1.95. The summed E-state index contributed by atoms with van der Waals surface area (Å²) in [4.78, 5) is 6.56. The molecule has 6 heteroatoms. The molecule has 2 aromatic rings. The molecular formula is C14H18FN5. The molecule has 1 aromatic heterocycles. The smallest absolute Gasteiger partial charge is 0.245 e. The Balaban J connectivity index is 1.87. The normalized spacial score (nSPS) is 16.2. The number of hydrogen-bond acceptors (Lipinski definition) is 4. The minimum atomic E-state index is -0.282. The number of H-pyrrole nitrogens is 1. The van der Waals surface area contributed by atoms with E-state index in [0.717, 1.165) is 38.2 Å². The third-order valence-electron chi connectivity index (χ3n) is 3.47. The minimum absolute atomic E-state index is 0.282. The van der Waals surface area contributed by atoms with E-state index in [2.05, 4.69) is 25.4 Å². The predicted octanol–water partition coefficient (Wildman–Crippen LogP) is 1.72. The van der Waals surface area contributed by atoms with Crippen LogP contribution in [0.1, 0.15) is 12.0 Å². The molecule has 0 bridgehead atoms. The molecule has 0 atom stereocenters. The summed E-state index contributed by atoms with van der Waals surface area (Å²) in [6.07, 6.45) is 1.06. The highest BCUT2D eigenvalue weighted by Gasteiger charge is 2.16. The first-order valence-corrected chi connectivity index (χ1v) is 6.88. The molecule has 106 valence electrons. The van der Waals surface area contributed by atoms with Crippen LogP contribution in [0.5, 0.6) is 0 Å². The van der Waals surface area contributed by atoms with Crippen molar-refractivity contribution < 1.29 is 4.39 Å². The van der Waals surface area contributed by atoms with E-state index < -0.39 is 0 Å². The molecule has 5 nitrogen and oxygen atoms in total. The lowest BCUT2D eigenvalue weighted by Crippen LogP contribution is -2.28. The molecule has 2 N–H and O–H groups in total. The number of aromatic nitrogens is 3. The molecule has 1 aromatic carbocycles. The van der Waals surface area contributed by atoms with Gasteiger partial charge in [0.05, 0.1) is 5.56 Å². The zero-order valence-electron chi connectivity index (χ0n) is 11.5. The van der Waals surface area contributed by atoms with Crippen LogP contribution < -0.4 is 10.2 Å². The first-order chi connectivity index (χ1) is 9.74. The van der Waals surface area contributed by atoms with Crippen molar-refractivity contribution in [1.29, 1.82) is 0 Å². The van der Waals surface area contributed by atoms with Gasteiger partial charge in [-0.05, 0) is 32.0 Å². The van der Waals surface area contributed by atoms with E-state index in [1.54, 1.807) is 12.1 Å². The van der Waals surface area contributed by atoms with Crippen molar-refractivity contribution >= 4 is 5.95 Å². The molecule has 2 heterocycles. The van der Waals surface area contributed by atoms with Crippen LogP contribution in [0, 0.1) is 12.7 Å². The first-order valence-electron chi connectivity index (χ1n) is 6.88. The standard InChI is InChI=1S/C14H18FN5/c1-10-3-4-12(15)11(9-10)13-17-14(19-18-13)20-7-2-5-16-6-8-20/h3-4,9,16H,2,5-8H2,1H3,(H,17,18,19). The van der Waals surface area contributed by atoms with E-state index >= 15 is 0 Å². The van der Waals surface area contributed by atoms with Gasteiger partial charge in [-0.3, -0.25) is 5.10 Å². The maximum atomic E-state index is 13.9. The number of anilines is 1. The Morgan fingerprint density at radius 3 is 3.05 bits per heavy atom. The molecule has 1 aliphatic heterocycles. The van der Waals surface area contributed by atoms with E-state index in [1.165, 1.54) is 6.07 Å². The third-order valence-corrected chi connectivity index (χ3v) is 3.47. The topological polar surface area (TPSA) is 56.8 Å². The molecule has 20 heavy (non-hydrogen) atoms. The fourth-order valence-electron chi connectivity index (χ4n) is 2.38. The molecule has 0 radical (unpaired) electrons. The average molecular weight is 275 g/mol. The lowest BCUT2D eigenvalue weighted by Gasteiger charge is -2.16. The quantitative estimate of drug-likeness (QED) is 0.876. The van der Waals surface area contributed by atoms with Crippen LogP contribution in [-0.4, -0.2) is 41.4 Å². The van der Waals surface area contributed by atoms with Gasteiger partial charge >= 0.3 is 0 Å². The molecule has 1 fully saturated rings. The number of aryl methyl sites for hydroxylation is 1. The number of benzene rings is 1. The summed E-state index contributed by atoms with van der Waals surface area (Å²) in [5.74, 6) is 0.846. The van der Waals surface area contributed by atoms with Crippen molar-refractivity contribution in [2.45, 2.75) is 13.3 Å². The molecule has 0 spiro atoms. The summed E-state index contributed by atoms with van der Waals surface area (Å²) in [5, 5.41) is 10.4. The number of halogens is 1. The number of rotatable bonds is 2. The Labute approximate surface area is 117 Å². The second-order valence-electron chi connectivity index (χ2n) is 5.06. The van der Waals surface area contributed by atoms with Gasteiger partial charge in [0.1, 0.15) is 5.82 Å². The van der Waals surface area contributed by atoms with E-state index in [4.69, 9.17) is 0 Å². The fraction of sp³-hybridized carbons (Fsp3) is 0.429. The van der Waals surface area contributed by atoms with Gasteiger partial charge in [0.2, 0.25) is 5.95 Å². The second-order valence-corrected chi connectivity index (χ2v) is 5.06. The zero-order valence-corrected chi connectivity index (χ0v) is 11.5. The Bertz CT molecular complexity index is 587. The van der Waals surface area contributed by atoms with Gasteiger partial charge in [-0.1, -0.05) is 11.6 Å². The van der Waals surface area contributed by atoms with Gasteiger partial charge in [-0.2, -0.15) is 4.98 Å². The van der Waals surface area contributed by atoms with Crippen LogP contribution in [0.3, 0.4) is 0 Å². The van der Waals surface area contributed by atoms with Crippen LogP contribution in [0.2, 0.25) is 0 Å². The summed E-state index contributed by atoms with van der Waals surface area (Å²) in [7, 11) is 0. The van der Waals surface area contributed by atoms with Crippen molar-refractivity contribution in [3.8, 4) is 11.4 Å². The van der Waals surface area contributed by atoms with Crippen LogP contribution >= 0.6 is 0 Å². The van der Waals surface area contributed by atoms with Gasteiger partial charge in [-0.25, -0.2) is 4.39 Å². The molecule has 0 aliphatic carbocycles. The zero-order chi connectivity index (χ0) is 13.9. The number of nitrogens with zero attached hydrogens (tertiary/aromatic N) is 3. The van der Waals surface area contributed by atoms with E-state index in [0.29, 0.717) is 17.3 Å². The van der Waals surface area contributed by atoms with Crippen LogP contribution in [0.15, 0.2) is 18.2 Å². The minimum Gasteiger partial charge on any atom is -0.338 e. The van der Waals surface area contributed by atoms with E-state index in [9.17, 15) is 4.39 Å². The SMILES string of the molecule is Cc1ccc(F)c(-c2nc(N3CCCNCC3)n[nH]2)c1. The Morgan fingerprint density at radius 1 is 1.25 bits per heavy atom. The summed E-state index contributed by atoms with van der Waals surface area (Å²) < 4.78 is 13.9. The van der Waals surface area contributed by atoms with E-state index in [1.807, 2.05) is 6.92 Å². The highest BCUT2D eigenvalue weighted by Crippen LogP contribution is 2.22. The van der Waals surface area contributed by atoms with Crippen LogP contribution in [0.25, 0.3) is 11.4 Å². The monoisotopic (exact) mass is 275 g/mol. The van der Waals surface area contributed by atoms with Crippen molar-refractivity contribution in [3.05, 3.63) is 29.6 Å². The molecule has 1 saturated heterocycles. The number of aromatic amines is 1. The maximum Gasteiger partial charge on any atom is 0.245 e. The number of hydrogen-bond donors (Lipinski definition) is 2. The lowest BCUT2D eigenvalue weighted by atomic mass is 10.1. The van der Waals surface area contributed by atoms with Gasteiger partial charge < -0.3 is 10.2 Å². The molecule has 3 rings (SSSR count). The summed E-state index contributed by atoms with van der Waals surface area (Å²) in [6.45, 7) is 5.65. The maximum absolute atomic E-state index is 13.9. The van der Waals surface area contributed by atoms with Gasteiger partial charge in [0.25, 0.3) is 0 Å². The summed E-state index contributed by atoms with van der Waals surface area (Å²) in [5.41, 5.74) is 1.47. The van der Waals surface area contributed by atoms with Crippen LogP contribution in [-0.2, 0) is 0 Å². The lowest BCUT2D eigenvalue weighted by molar-refractivity contribution is 0.629. The average Bonchev–Trinajstić information content (AvgIpc) is 2.77. The summed E-state index contributed by atoms with van der Waals surface area (Å²) >= 11 is 0. The highest BCUT2D eigenvalue weighted by atomic mass is 19.1. The van der Waals surface area contributed by atoms with E-state index in [-0.39, 0.29) is 5.82 Å². The van der Waals surface area contributed by atoms with Crippen molar-refractivity contribution in [2.75, 3.05) is 31.1 Å². The van der Waals surface area contributed by atoms with Gasteiger partial charge in [0.15, 0.2) is 5.82 Å². The van der Waals surface area contributed by atoms with Crippen molar-refractivity contribution in [2.24, 2.45) is 0 Å². The van der Waals surface area contributed by atoms with Crippen LogP contribution in [0.4, 0.5) is 10.3 Å².